The maximum atomic E-state index is 12.0. The molecule has 0 fully saturated rings. The van der Waals surface area contributed by atoms with Crippen LogP contribution in [-0.2, 0) is 6.54 Å². The summed E-state index contributed by atoms with van der Waals surface area (Å²) in [5, 5.41) is 6.68. The van der Waals surface area contributed by atoms with Gasteiger partial charge in [-0.1, -0.05) is 35.1 Å². The molecule has 2 aromatic carbocycles. The van der Waals surface area contributed by atoms with E-state index in [4.69, 9.17) is 21.1 Å². The zero-order valence-electron chi connectivity index (χ0n) is 13.6. The molecule has 2 N–H and O–H groups in total. The van der Waals surface area contributed by atoms with Crippen LogP contribution in [0.25, 0.3) is 10.2 Å². The summed E-state index contributed by atoms with van der Waals surface area (Å²) in [7, 11) is 3.15. The number of carbonyl (C=O) groups excluding carboxylic acids is 1. The van der Waals surface area contributed by atoms with Crippen molar-refractivity contribution < 1.29 is 14.3 Å². The molecule has 1 heterocycles. The van der Waals surface area contributed by atoms with Crippen LogP contribution >= 0.6 is 22.9 Å². The number of thiazole rings is 1. The van der Waals surface area contributed by atoms with Crippen molar-refractivity contribution in [3.8, 4) is 11.5 Å². The summed E-state index contributed by atoms with van der Waals surface area (Å²) in [6, 6.07) is 10.6. The maximum Gasteiger partial charge on any atom is 0.321 e. The highest BCUT2D eigenvalue weighted by molar-refractivity contribution is 7.22. The van der Waals surface area contributed by atoms with Crippen LogP contribution in [0.1, 0.15) is 5.56 Å². The van der Waals surface area contributed by atoms with Crippen LogP contribution in [0.2, 0.25) is 5.02 Å². The van der Waals surface area contributed by atoms with Gasteiger partial charge >= 0.3 is 6.03 Å². The summed E-state index contributed by atoms with van der Waals surface area (Å²) >= 11 is 7.20. The molecular formula is C17H16ClN3O3S. The third-order valence-corrected chi connectivity index (χ3v) is 4.67. The number of amides is 2. The topological polar surface area (TPSA) is 72.5 Å². The molecule has 6 nitrogen and oxygen atoms in total. The Hall–Kier alpha value is -2.51. The minimum absolute atomic E-state index is 0.326. The average Bonchev–Trinajstić information content (AvgIpc) is 3.00. The van der Waals surface area contributed by atoms with Crippen LogP contribution in [0.5, 0.6) is 11.5 Å². The Morgan fingerprint density at radius 1 is 1.16 bits per heavy atom. The Balaban J connectivity index is 1.67. The number of ether oxygens (including phenoxy) is 2. The van der Waals surface area contributed by atoms with E-state index < -0.39 is 0 Å². The minimum atomic E-state index is -0.326. The van der Waals surface area contributed by atoms with Crippen molar-refractivity contribution in [1.82, 2.24) is 10.3 Å². The van der Waals surface area contributed by atoms with Crippen LogP contribution in [-0.4, -0.2) is 25.2 Å². The maximum absolute atomic E-state index is 12.0. The zero-order valence-corrected chi connectivity index (χ0v) is 15.2. The number of methoxy groups -OCH3 is 2. The number of aromatic nitrogens is 1. The molecule has 0 spiro atoms. The first-order chi connectivity index (χ1) is 12.1. The molecule has 0 radical (unpaired) electrons. The third kappa shape index (κ3) is 4.12. The molecule has 0 aliphatic carbocycles. The Morgan fingerprint density at radius 3 is 2.52 bits per heavy atom. The third-order valence-electron chi connectivity index (χ3n) is 3.48. The number of anilines is 1. The van der Waals surface area contributed by atoms with Crippen LogP contribution in [0.3, 0.4) is 0 Å². The minimum Gasteiger partial charge on any atom is -0.493 e. The number of nitrogens with one attached hydrogen (secondary N) is 2. The Bertz CT molecular complexity index is 855. The normalized spacial score (nSPS) is 10.5. The summed E-state index contributed by atoms with van der Waals surface area (Å²) < 4.78 is 11.4. The van der Waals surface area contributed by atoms with Crippen molar-refractivity contribution in [1.29, 1.82) is 0 Å². The van der Waals surface area contributed by atoms with Gasteiger partial charge in [-0.2, -0.15) is 0 Å². The SMILES string of the molecule is COc1cc2nc(NC(=O)NCc3ccc(Cl)cc3)sc2cc1OC. The lowest BCUT2D eigenvalue weighted by Crippen LogP contribution is -2.28. The van der Waals surface area contributed by atoms with Gasteiger partial charge in [-0.15, -0.1) is 0 Å². The predicted octanol–water partition coefficient (Wildman–Crippen LogP) is 4.29. The molecule has 1 aromatic heterocycles. The monoisotopic (exact) mass is 377 g/mol. The fourth-order valence-corrected chi connectivity index (χ4v) is 3.23. The summed E-state index contributed by atoms with van der Waals surface area (Å²) in [5.74, 6) is 1.22. The molecule has 0 saturated carbocycles. The quantitative estimate of drug-likeness (QED) is 0.695. The molecule has 0 aliphatic rings. The van der Waals surface area contributed by atoms with Crippen molar-refractivity contribution in [2.24, 2.45) is 0 Å². The predicted molar refractivity (Wildman–Crippen MR) is 100 cm³/mol. The van der Waals surface area contributed by atoms with Gasteiger partial charge in [0.2, 0.25) is 0 Å². The van der Waals surface area contributed by atoms with Crippen molar-refractivity contribution in [3.63, 3.8) is 0 Å². The Morgan fingerprint density at radius 2 is 1.84 bits per heavy atom. The number of hydrogen-bond acceptors (Lipinski definition) is 5. The van der Waals surface area contributed by atoms with Gasteiger partial charge < -0.3 is 14.8 Å². The van der Waals surface area contributed by atoms with E-state index in [1.807, 2.05) is 18.2 Å². The lowest BCUT2D eigenvalue weighted by molar-refractivity contribution is 0.251. The molecule has 3 rings (SSSR count). The van der Waals surface area contributed by atoms with E-state index in [9.17, 15) is 4.79 Å². The van der Waals surface area contributed by atoms with Crippen LogP contribution in [0, 0.1) is 0 Å². The number of hydrogen-bond donors (Lipinski definition) is 2. The van der Waals surface area contributed by atoms with E-state index in [0.29, 0.717) is 28.2 Å². The average molecular weight is 378 g/mol. The van der Waals surface area contributed by atoms with E-state index in [0.717, 1.165) is 15.8 Å². The van der Waals surface area contributed by atoms with E-state index in [1.54, 1.807) is 32.4 Å². The standard InChI is InChI=1S/C17H16ClN3O3S/c1-23-13-7-12-15(8-14(13)24-2)25-17(20-12)21-16(22)19-9-10-3-5-11(18)6-4-10/h3-8H,9H2,1-2H3,(H2,19,20,21,22). The van der Waals surface area contributed by atoms with Gasteiger partial charge in [-0.3, -0.25) is 5.32 Å². The molecule has 130 valence electrons. The van der Waals surface area contributed by atoms with E-state index in [2.05, 4.69) is 15.6 Å². The lowest BCUT2D eigenvalue weighted by Gasteiger charge is -2.05. The number of fused-ring (bicyclic) bond motifs is 1. The molecule has 0 unspecified atom stereocenters. The summed E-state index contributed by atoms with van der Waals surface area (Å²) in [4.78, 5) is 16.4. The molecule has 3 aromatic rings. The number of nitrogens with zero attached hydrogens (tertiary/aromatic N) is 1. The number of rotatable bonds is 5. The smallest absolute Gasteiger partial charge is 0.321 e. The lowest BCUT2D eigenvalue weighted by atomic mass is 10.2. The largest absolute Gasteiger partial charge is 0.493 e. The van der Waals surface area contributed by atoms with E-state index in [-0.39, 0.29) is 6.03 Å². The number of benzene rings is 2. The highest BCUT2D eigenvalue weighted by Gasteiger charge is 2.12. The first-order valence-corrected chi connectivity index (χ1v) is 8.60. The van der Waals surface area contributed by atoms with Gasteiger partial charge in [0.05, 0.1) is 24.4 Å². The summed E-state index contributed by atoms with van der Waals surface area (Å²) in [6.45, 7) is 0.398. The van der Waals surface area contributed by atoms with Crippen molar-refractivity contribution in [2.45, 2.75) is 6.54 Å². The highest BCUT2D eigenvalue weighted by atomic mass is 35.5. The van der Waals surface area contributed by atoms with Crippen molar-refractivity contribution in [3.05, 3.63) is 47.0 Å². The molecule has 25 heavy (non-hydrogen) atoms. The fraction of sp³-hybridized carbons (Fsp3) is 0.176. The summed E-state index contributed by atoms with van der Waals surface area (Å²) in [6.07, 6.45) is 0. The molecule has 0 bridgehead atoms. The summed E-state index contributed by atoms with van der Waals surface area (Å²) in [5.41, 5.74) is 1.69. The van der Waals surface area contributed by atoms with E-state index in [1.165, 1.54) is 11.3 Å². The number of urea groups is 1. The van der Waals surface area contributed by atoms with Gasteiger partial charge in [0.1, 0.15) is 0 Å². The zero-order chi connectivity index (χ0) is 17.8. The van der Waals surface area contributed by atoms with Crippen molar-refractivity contribution >= 4 is 44.3 Å². The molecule has 0 saturated heterocycles. The second-order valence-corrected chi connectivity index (χ2v) is 6.60. The van der Waals surface area contributed by atoms with Gasteiger partial charge in [0.25, 0.3) is 0 Å². The Kier molecular flexibility index (Phi) is 5.25. The molecular weight excluding hydrogens is 362 g/mol. The van der Waals surface area contributed by atoms with Gasteiger partial charge in [0, 0.05) is 23.7 Å². The first kappa shape index (κ1) is 17.3. The second kappa shape index (κ2) is 7.58. The first-order valence-electron chi connectivity index (χ1n) is 7.41. The van der Waals surface area contributed by atoms with Crippen molar-refractivity contribution in [2.75, 3.05) is 19.5 Å². The van der Waals surface area contributed by atoms with Gasteiger partial charge in [-0.05, 0) is 17.7 Å². The molecule has 0 atom stereocenters. The van der Waals surface area contributed by atoms with Gasteiger partial charge in [-0.25, -0.2) is 9.78 Å². The molecule has 0 aliphatic heterocycles. The number of carbonyl (C=O) groups is 1. The number of halogens is 1. The van der Waals surface area contributed by atoms with Gasteiger partial charge in [0.15, 0.2) is 16.6 Å². The Labute approximate surface area is 153 Å². The van der Waals surface area contributed by atoms with E-state index >= 15 is 0 Å². The highest BCUT2D eigenvalue weighted by Crippen LogP contribution is 2.36. The van der Waals surface area contributed by atoms with Crippen LogP contribution in [0.4, 0.5) is 9.93 Å². The van der Waals surface area contributed by atoms with Crippen LogP contribution in [0.15, 0.2) is 36.4 Å². The molecule has 8 heteroatoms. The van der Waals surface area contributed by atoms with Crippen LogP contribution < -0.4 is 20.1 Å². The molecule has 2 amide bonds. The fourth-order valence-electron chi connectivity index (χ4n) is 2.23. The second-order valence-electron chi connectivity index (χ2n) is 5.13.